The number of hydrogen-bond acceptors (Lipinski definition) is 4. The highest BCUT2D eigenvalue weighted by atomic mass is 16.6. The van der Waals surface area contributed by atoms with Crippen LogP contribution in [-0.2, 0) is 19.1 Å². The molecule has 0 aromatic rings. The fourth-order valence-electron chi connectivity index (χ4n) is 6.79. The van der Waals surface area contributed by atoms with Crippen LogP contribution in [0.2, 0.25) is 0 Å². The van der Waals surface area contributed by atoms with Crippen LogP contribution in [-0.4, -0.2) is 24.6 Å². The molecule has 0 N–H and O–H groups in total. The average molecular weight is 391 g/mol. The van der Waals surface area contributed by atoms with Crippen molar-refractivity contribution in [2.24, 2.45) is 28.1 Å². The summed E-state index contributed by atoms with van der Waals surface area (Å²) in [5.74, 6) is 0.744. The molecular formula is C24H38O4. The van der Waals surface area contributed by atoms with Crippen molar-refractivity contribution in [2.75, 3.05) is 6.61 Å². The summed E-state index contributed by atoms with van der Waals surface area (Å²) in [7, 11) is 0. The fraction of sp³-hybridized carbons (Fsp3) is 0.833. The first kappa shape index (κ1) is 21.4. The topological polar surface area (TPSA) is 52.6 Å². The van der Waals surface area contributed by atoms with Gasteiger partial charge in [-0.1, -0.05) is 45.8 Å². The molecule has 0 saturated heterocycles. The van der Waals surface area contributed by atoms with Gasteiger partial charge in [0.1, 0.15) is 12.7 Å². The van der Waals surface area contributed by atoms with Gasteiger partial charge in [0, 0.05) is 19.3 Å². The minimum atomic E-state index is -0.385. The monoisotopic (exact) mass is 390 g/mol. The highest BCUT2D eigenvalue weighted by Gasteiger charge is 2.55. The molecule has 5 atom stereocenters. The van der Waals surface area contributed by atoms with Crippen LogP contribution in [0.25, 0.3) is 0 Å². The van der Waals surface area contributed by atoms with E-state index in [4.69, 9.17) is 9.47 Å². The number of hydrogen-bond donors (Lipinski definition) is 0. The number of carbonyl (C=O) groups excluding carboxylic acids is 2. The zero-order valence-corrected chi connectivity index (χ0v) is 18.6. The highest BCUT2D eigenvalue weighted by molar-refractivity contribution is 5.67. The summed E-state index contributed by atoms with van der Waals surface area (Å²) in [5.41, 5.74) is 2.15. The summed E-state index contributed by atoms with van der Waals surface area (Å²) >= 11 is 0. The standard InChI is InChI=1S/C24H38O4/c1-16(25)27-15-21(28-17(2)26)23(5)13-10-19-18(14-23)8-9-20-22(3,4)11-7-12-24(19,20)6/h8,19-21H,7,9-15H2,1-6H3. The molecule has 0 bridgehead atoms. The predicted molar refractivity (Wildman–Crippen MR) is 110 cm³/mol. The first-order valence-electron chi connectivity index (χ1n) is 11.0. The third kappa shape index (κ3) is 3.89. The second-order valence-corrected chi connectivity index (χ2v) is 10.7. The number of esters is 2. The third-order valence-corrected chi connectivity index (χ3v) is 8.27. The fourth-order valence-corrected chi connectivity index (χ4v) is 6.79. The first-order valence-corrected chi connectivity index (χ1v) is 11.0. The minimum Gasteiger partial charge on any atom is -0.462 e. The molecule has 4 heteroatoms. The Morgan fingerprint density at radius 2 is 1.82 bits per heavy atom. The largest absolute Gasteiger partial charge is 0.462 e. The van der Waals surface area contributed by atoms with Gasteiger partial charge in [-0.05, 0) is 61.2 Å². The summed E-state index contributed by atoms with van der Waals surface area (Å²) in [6.45, 7) is 12.6. The van der Waals surface area contributed by atoms with E-state index >= 15 is 0 Å². The molecule has 5 unspecified atom stereocenters. The van der Waals surface area contributed by atoms with Crippen molar-refractivity contribution in [1.29, 1.82) is 0 Å². The maximum atomic E-state index is 11.7. The summed E-state index contributed by atoms with van der Waals surface area (Å²) in [6, 6.07) is 0. The van der Waals surface area contributed by atoms with E-state index in [-0.39, 0.29) is 30.1 Å². The van der Waals surface area contributed by atoms with Crippen LogP contribution in [0, 0.1) is 28.1 Å². The normalized spacial score (nSPS) is 37.7. The zero-order valence-electron chi connectivity index (χ0n) is 18.6. The first-order chi connectivity index (χ1) is 13.0. The Morgan fingerprint density at radius 1 is 1.11 bits per heavy atom. The molecule has 0 aromatic heterocycles. The van der Waals surface area contributed by atoms with Crippen molar-refractivity contribution in [1.82, 2.24) is 0 Å². The molecule has 0 radical (unpaired) electrons. The molecule has 0 spiro atoms. The molecule has 0 amide bonds. The Morgan fingerprint density at radius 3 is 2.46 bits per heavy atom. The van der Waals surface area contributed by atoms with Crippen LogP contribution in [0.1, 0.15) is 86.5 Å². The van der Waals surface area contributed by atoms with Gasteiger partial charge in [0.2, 0.25) is 0 Å². The van der Waals surface area contributed by atoms with Gasteiger partial charge in [0.05, 0.1) is 0 Å². The lowest BCUT2D eigenvalue weighted by atomic mass is 9.45. The van der Waals surface area contributed by atoms with E-state index < -0.39 is 0 Å². The van der Waals surface area contributed by atoms with Crippen molar-refractivity contribution in [3.05, 3.63) is 11.6 Å². The minimum absolute atomic E-state index is 0.149. The summed E-state index contributed by atoms with van der Waals surface area (Å²) in [4.78, 5) is 23.0. The second-order valence-electron chi connectivity index (χ2n) is 10.7. The van der Waals surface area contributed by atoms with E-state index in [0.29, 0.717) is 16.7 Å². The molecule has 2 saturated carbocycles. The SMILES string of the molecule is CC(=O)OCC(OC(C)=O)C1(C)CCC2C(=CCC3C(C)(C)CCCC23C)C1. The van der Waals surface area contributed by atoms with Crippen molar-refractivity contribution < 1.29 is 19.1 Å². The van der Waals surface area contributed by atoms with E-state index in [0.717, 1.165) is 31.6 Å². The zero-order chi connectivity index (χ0) is 20.7. The summed E-state index contributed by atoms with van der Waals surface area (Å²) in [6.07, 6.45) is 10.3. The van der Waals surface area contributed by atoms with E-state index in [9.17, 15) is 9.59 Å². The highest BCUT2D eigenvalue weighted by Crippen LogP contribution is 2.63. The van der Waals surface area contributed by atoms with Crippen LogP contribution in [0.4, 0.5) is 0 Å². The van der Waals surface area contributed by atoms with Gasteiger partial charge in [-0.2, -0.15) is 0 Å². The molecule has 28 heavy (non-hydrogen) atoms. The van der Waals surface area contributed by atoms with Gasteiger partial charge in [-0.3, -0.25) is 9.59 Å². The maximum Gasteiger partial charge on any atom is 0.303 e. The van der Waals surface area contributed by atoms with Gasteiger partial charge < -0.3 is 9.47 Å². The maximum absolute atomic E-state index is 11.7. The molecule has 0 heterocycles. The average Bonchev–Trinajstić information content (AvgIpc) is 2.57. The predicted octanol–water partition coefficient (Wildman–Crippen LogP) is 5.45. The molecule has 158 valence electrons. The number of fused-ring (bicyclic) bond motifs is 3. The van der Waals surface area contributed by atoms with Crippen LogP contribution in [0.15, 0.2) is 11.6 Å². The molecule has 0 aromatic carbocycles. The molecular weight excluding hydrogens is 352 g/mol. The van der Waals surface area contributed by atoms with Crippen LogP contribution >= 0.6 is 0 Å². The smallest absolute Gasteiger partial charge is 0.303 e. The molecule has 0 aliphatic heterocycles. The van der Waals surface area contributed by atoms with E-state index in [1.807, 2.05) is 0 Å². The van der Waals surface area contributed by atoms with E-state index in [1.54, 1.807) is 5.57 Å². The van der Waals surface area contributed by atoms with Crippen molar-refractivity contribution in [2.45, 2.75) is 92.6 Å². The van der Waals surface area contributed by atoms with Crippen molar-refractivity contribution >= 4 is 11.9 Å². The van der Waals surface area contributed by atoms with E-state index in [1.165, 1.54) is 33.1 Å². The van der Waals surface area contributed by atoms with Gasteiger partial charge in [0.15, 0.2) is 0 Å². The van der Waals surface area contributed by atoms with Crippen LogP contribution < -0.4 is 0 Å². The molecule has 2 fully saturated rings. The van der Waals surface area contributed by atoms with Crippen molar-refractivity contribution in [3.63, 3.8) is 0 Å². The Labute approximate surface area is 170 Å². The summed E-state index contributed by atoms with van der Waals surface area (Å²) in [5, 5.41) is 0. The Balaban J connectivity index is 1.83. The summed E-state index contributed by atoms with van der Waals surface area (Å²) < 4.78 is 10.9. The lowest BCUT2D eigenvalue weighted by molar-refractivity contribution is -0.167. The Kier molecular flexibility index (Phi) is 5.73. The molecule has 3 rings (SSSR count). The number of rotatable bonds is 4. The lowest BCUT2D eigenvalue weighted by Crippen LogP contribution is -2.52. The van der Waals surface area contributed by atoms with Crippen molar-refractivity contribution in [3.8, 4) is 0 Å². The van der Waals surface area contributed by atoms with Crippen LogP contribution in [0.3, 0.4) is 0 Å². The number of ether oxygens (including phenoxy) is 2. The van der Waals surface area contributed by atoms with Gasteiger partial charge >= 0.3 is 11.9 Å². The van der Waals surface area contributed by atoms with Gasteiger partial charge in [-0.25, -0.2) is 0 Å². The van der Waals surface area contributed by atoms with Gasteiger partial charge in [-0.15, -0.1) is 0 Å². The Hall–Kier alpha value is -1.32. The second kappa shape index (κ2) is 7.50. The Bertz CT molecular complexity index is 664. The molecule has 3 aliphatic rings. The molecule has 3 aliphatic carbocycles. The quantitative estimate of drug-likeness (QED) is 0.473. The third-order valence-electron chi connectivity index (χ3n) is 8.27. The number of carbonyl (C=O) groups is 2. The number of allylic oxidation sites excluding steroid dienone is 2. The molecule has 4 nitrogen and oxygen atoms in total. The van der Waals surface area contributed by atoms with Crippen LogP contribution in [0.5, 0.6) is 0 Å². The van der Waals surface area contributed by atoms with E-state index in [2.05, 4.69) is 33.8 Å². The lowest BCUT2D eigenvalue weighted by Gasteiger charge is -2.59. The van der Waals surface area contributed by atoms with Gasteiger partial charge in [0.25, 0.3) is 0 Å².